The van der Waals surface area contributed by atoms with Crippen LogP contribution in [0.5, 0.6) is 0 Å². The number of hydrogen-bond acceptors (Lipinski definition) is 8. The normalized spacial score (nSPS) is 13.7. The number of likely N-dealkylation sites (tertiary alicyclic amines) is 1. The van der Waals surface area contributed by atoms with Crippen LogP contribution in [0, 0.1) is 5.82 Å². The van der Waals surface area contributed by atoms with E-state index in [0.29, 0.717) is 24.2 Å². The van der Waals surface area contributed by atoms with Crippen molar-refractivity contribution in [1.82, 2.24) is 19.5 Å². The van der Waals surface area contributed by atoms with E-state index in [2.05, 4.69) is 20.9 Å². The summed E-state index contributed by atoms with van der Waals surface area (Å²) in [5.41, 5.74) is 0.167. The molecule has 0 bridgehead atoms. The second-order valence-electron chi connectivity index (χ2n) is 9.69. The number of nitrogens with one attached hydrogen (secondary N) is 4. The van der Waals surface area contributed by atoms with Crippen LogP contribution in [0.2, 0.25) is 0 Å². The van der Waals surface area contributed by atoms with E-state index in [4.69, 9.17) is 0 Å². The molecule has 1 aliphatic rings. The second kappa shape index (κ2) is 12.3. The fourth-order valence-corrected chi connectivity index (χ4v) is 6.71. The van der Waals surface area contributed by atoms with E-state index in [1.807, 2.05) is 4.72 Å². The Morgan fingerprint density at radius 2 is 1.79 bits per heavy atom. The van der Waals surface area contributed by atoms with E-state index in [1.165, 1.54) is 30.5 Å². The topological polar surface area (TPSA) is 142 Å². The number of carbonyl (C=O) groups excluding carboxylic acids is 2. The molecule has 14 heteroatoms. The van der Waals surface area contributed by atoms with Crippen LogP contribution in [-0.4, -0.2) is 63.0 Å². The lowest BCUT2D eigenvalue weighted by atomic mass is 10.1. The molecule has 1 aliphatic heterocycles. The van der Waals surface area contributed by atoms with Gasteiger partial charge in [0.1, 0.15) is 10.0 Å². The molecule has 0 radical (unpaired) electrons. The molecule has 1 fully saturated rings. The first kappa shape index (κ1) is 29.2. The predicted octanol–water partition coefficient (Wildman–Crippen LogP) is 3.57. The Morgan fingerprint density at radius 3 is 2.48 bits per heavy atom. The van der Waals surface area contributed by atoms with Crippen molar-refractivity contribution >= 4 is 55.4 Å². The van der Waals surface area contributed by atoms with Gasteiger partial charge in [-0.05, 0) is 73.8 Å². The SMILES string of the molecule is CNc1ccc2c(=O)n(-c3ccc(NC(=O)NS(=O)(=O)c4cccs4)cc3F)cc(C(=O)NCCN3CCCC3)c2c1. The third kappa shape index (κ3) is 6.30. The van der Waals surface area contributed by atoms with Crippen LogP contribution >= 0.6 is 11.3 Å². The number of thiophene rings is 1. The summed E-state index contributed by atoms with van der Waals surface area (Å²) >= 11 is 0.940. The van der Waals surface area contributed by atoms with Gasteiger partial charge >= 0.3 is 6.03 Å². The maximum Gasteiger partial charge on any atom is 0.333 e. The van der Waals surface area contributed by atoms with Crippen molar-refractivity contribution in [1.29, 1.82) is 0 Å². The number of carbonyl (C=O) groups is 2. The molecule has 1 saturated heterocycles. The van der Waals surface area contributed by atoms with Gasteiger partial charge in [0, 0.05) is 48.5 Å². The summed E-state index contributed by atoms with van der Waals surface area (Å²) in [5, 5.41) is 10.4. The molecular weight excluding hydrogens is 583 g/mol. The minimum absolute atomic E-state index is 0.0393. The lowest BCUT2D eigenvalue weighted by molar-refractivity contribution is 0.0950. The number of benzene rings is 2. The first-order valence-electron chi connectivity index (χ1n) is 13.2. The molecule has 0 spiro atoms. The lowest BCUT2D eigenvalue weighted by Crippen LogP contribution is -2.34. The molecule has 0 aliphatic carbocycles. The number of anilines is 2. The summed E-state index contributed by atoms with van der Waals surface area (Å²) in [7, 11) is -2.36. The Kier molecular flexibility index (Phi) is 8.56. The van der Waals surface area contributed by atoms with Crippen LogP contribution in [0.3, 0.4) is 0 Å². The van der Waals surface area contributed by atoms with Gasteiger partial charge in [-0.3, -0.25) is 14.2 Å². The van der Waals surface area contributed by atoms with Gasteiger partial charge in [0.05, 0.1) is 11.3 Å². The van der Waals surface area contributed by atoms with Gasteiger partial charge in [0.25, 0.3) is 21.5 Å². The minimum Gasteiger partial charge on any atom is -0.388 e. The first-order chi connectivity index (χ1) is 20.2. The summed E-state index contributed by atoms with van der Waals surface area (Å²) in [4.78, 5) is 41.4. The number of hydrogen-bond donors (Lipinski definition) is 4. The second-order valence-corrected chi connectivity index (χ2v) is 12.5. The quantitative estimate of drug-likeness (QED) is 0.227. The van der Waals surface area contributed by atoms with Crippen molar-refractivity contribution < 1.29 is 22.4 Å². The Hall–Kier alpha value is -4.27. The van der Waals surface area contributed by atoms with Crippen LogP contribution in [0.4, 0.5) is 20.6 Å². The molecule has 0 unspecified atom stereocenters. The van der Waals surface area contributed by atoms with Crippen LogP contribution in [0.25, 0.3) is 16.5 Å². The molecule has 3 heterocycles. The number of nitrogens with zero attached hydrogens (tertiary/aromatic N) is 2. The first-order valence-corrected chi connectivity index (χ1v) is 15.6. The molecular formula is C28H29FN6O5S2. The largest absolute Gasteiger partial charge is 0.388 e. The highest BCUT2D eigenvalue weighted by Crippen LogP contribution is 2.24. The molecule has 42 heavy (non-hydrogen) atoms. The van der Waals surface area contributed by atoms with Gasteiger partial charge in [-0.25, -0.2) is 22.3 Å². The Bertz CT molecular complexity index is 1800. The highest BCUT2D eigenvalue weighted by molar-refractivity contribution is 7.92. The van der Waals surface area contributed by atoms with Crippen molar-refractivity contribution in [2.24, 2.45) is 0 Å². The van der Waals surface area contributed by atoms with E-state index >= 15 is 4.39 Å². The smallest absolute Gasteiger partial charge is 0.333 e. The Labute approximate surface area is 245 Å². The van der Waals surface area contributed by atoms with E-state index in [0.717, 1.165) is 47.9 Å². The highest BCUT2D eigenvalue weighted by Gasteiger charge is 2.21. The highest BCUT2D eigenvalue weighted by atomic mass is 32.2. The number of pyridine rings is 1. The fraction of sp³-hybridized carbons (Fsp3) is 0.250. The number of rotatable bonds is 9. The number of aromatic nitrogens is 1. The average molecular weight is 613 g/mol. The van der Waals surface area contributed by atoms with Crippen molar-refractivity contribution in [3.05, 3.63) is 81.8 Å². The summed E-state index contributed by atoms with van der Waals surface area (Å²) in [6, 6.07) is 10.3. The molecule has 0 saturated carbocycles. The predicted molar refractivity (Wildman–Crippen MR) is 161 cm³/mol. The third-order valence-corrected chi connectivity index (χ3v) is 9.64. The Balaban J connectivity index is 1.42. The average Bonchev–Trinajstić information content (AvgIpc) is 3.69. The van der Waals surface area contributed by atoms with Crippen LogP contribution in [0.15, 0.2) is 69.1 Å². The molecule has 11 nitrogen and oxygen atoms in total. The molecule has 2 aromatic heterocycles. The van der Waals surface area contributed by atoms with E-state index in [9.17, 15) is 22.8 Å². The number of sulfonamides is 1. The number of urea groups is 1. The van der Waals surface area contributed by atoms with Crippen molar-refractivity contribution in [3.63, 3.8) is 0 Å². The molecule has 3 amide bonds. The van der Waals surface area contributed by atoms with Crippen molar-refractivity contribution in [3.8, 4) is 5.69 Å². The van der Waals surface area contributed by atoms with Gasteiger partial charge < -0.3 is 20.9 Å². The molecule has 4 aromatic rings. The van der Waals surface area contributed by atoms with E-state index < -0.39 is 33.3 Å². The summed E-state index contributed by atoms with van der Waals surface area (Å²) in [5.74, 6) is -1.27. The van der Waals surface area contributed by atoms with Gasteiger partial charge in [-0.2, -0.15) is 0 Å². The molecule has 0 atom stereocenters. The van der Waals surface area contributed by atoms with Gasteiger partial charge in [0.2, 0.25) is 0 Å². The standard InChI is InChI=1S/C28H29FN6O5S2/c1-30-18-6-8-20-21(15-18)22(26(36)31-10-13-34-11-2-3-12-34)17-35(27(20)37)24-9-7-19(16-23(24)29)32-28(38)33-42(39,40)25-5-4-14-41-25/h4-9,14-17,30H,2-3,10-13H2,1H3,(H,31,36)(H2,32,33,38). The zero-order valence-electron chi connectivity index (χ0n) is 22.6. The monoisotopic (exact) mass is 612 g/mol. The molecule has 4 N–H and O–H groups in total. The van der Waals surface area contributed by atoms with Crippen LogP contribution in [-0.2, 0) is 10.0 Å². The summed E-state index contributed by atoms with van der Waals surface area (Å²) in [6.45, 7) is 3.11. The number of halogens is 1. The zero-order valence-corrected chi connectivity index (χ0v) is 24.3. The van der Waals surface area contributed by atoms with Crippen molar-refractivity contribution in [2.45, 2.75) is 17.1 Å². The van der Waals surface area contributed by atoms with Crippen molar-refractivity contribution in [2.75, 3.05) is 43.9 Å². The van der Waals surface area contributed by atoms with Gasteiger partial charge in [-0.1, -0.05) is 6.07 Å². The van der Waals surface area contributed by atoms with Gasteiger partial charge in [-0.15, -0.1) is 11.3 Å². The zero-order chi connectivity index (χ0) is 29.9. The third-order valence-electron chi connectivity index (χ3n) is 6.91. The molecule has 2 aromatic carbocycles. The molecule has 220 valence electrons. The molecule has 5 rings (SSSR count). The number of fused-ring (bicyclic) bond motifs is 1. The maximum atomic E-state index is 15.4. The fourth-order valence-electron chi connectivity index (χ4n) is 4.81. The van der Waals surface area contributed by atoms with Crippen LogP contribution in [0.1, 0.15) is 23.2 Å². The van der Waals surface area contributed by atoms with E-state index in [1.54, 1.807) is 30.6 Å². The Morgan fingerprint density at radius 1 is 1.02 bits per heavy atom. The lowest BCUT2D eigenvalue weighted by Gasteiger charge is -2.17. The van der Waals surface area contributed by atoms with Crippen LogP contribution < -0.4 is 26.2 Å². The minimum atomic E-state index is -4.08. The van der Waals surface area contributed by atoms with Gasteiger partial charge in [0.15, 0.2) is 0 Å². The maximum absolute atomic E-state index is 15.4. The summed E-state index contributed by atoms with van der Waals surface area (Å²) < 4.78 is 42.8. The van der Waals surface area contributed by atoms with E-state index in [-0.39, 0.29) is 26.5 Å². The number of amides is 3. The summed E-state index contributed by atoms with van der Waals surface area (Å²) in [6.07, 6.45) is 3.57.